The molecule has 0 radical (unpaired) electrons. The third-order valence-electron chi connectivity index (χ3n) is 7.43. The summed E-state index contributed by atoms with van der Waals surface area (Å²) in [6, 6.07) is 9.45. The smallest absolute Gasteiger partial charge is 0.257 e. The lowest BCUT2D eigenvalue weighted by Gasteiger charge is -2.36. The van der Waals surface area contributed by atoms with E-state index in [1.54, 1.807) is 37.4 Å². The van der Waals surface area contributed by atoms with E-state index in [2.05, 4.69) is 35.1 Å². The van der Waals surface area contributed by atoms with Crippen LogP contribution in [0.1, 0.15) is 49.0 Å². The van der Waals surface area contributed by atoms with Gasteiger partial charge in [0, 0.05) is 63.8 Å². The van der Waals surface area contributed by atoms with Gasteiger partial charge in [0.05, 0.1) is 11.7 Å². The topological polar surface area (TPSA) is 84.0 Å². The number of pyridine rings is 1. The van der Waals surface area contributed by atoms with Gasteiger partial charge in [-0.25, -0.2) is 0 Å². The van der Waals surface area contributed by atoms with E-state index in [0.29, 0.717) is 30.2 Å². The van der Waals surface area contributed by atoms with Gasteiger partial charge in [-0.15, -0.1) is 0 Å². The van der Waals surface area contributed by atoms with Gasteiger partial charge in [-0.05, 0) is 55.5 Å². The maximum Gasteiger partial charge on any atom is 0.257 e. The highest BCUT2D eigenvalue weighted by atomic mass is 16.5. The van der Waals surface area contributed by atoms with Crippen molar-refractivity contribution in [1.29, 1.82) is 0 Å². The molecular weight excluding hydrogens is 456 g/mol. The summed E-state index contributed by atoms with van der Waals surface area (Å²) in [5.74, 6) is 0.625. The van der Waals surface area contributed by atoms with Crippen LogP contribution in [0.4, 0.5) is 5.69 Å². The van der Waals surface area contributed by atoms with Crippen LogP contribution in [0.25, 0.3) is 0 Å². The van der Waals surface area contributed by atoms with E-state index in [-0.39, 0.29) is 35.8 Å². The Morgan fingerprint density at radius 3 is 2.69 bits per heavy atom. The highest BCUT2D eigenvalue weighted by molar-refractivity contribution is 6.00. The molecule has 3 atom stereocenters. The number of nitrogens with one attached hydrogen (secondary N) is 1. The minimum absolute atomic E-state index is 0.0176. The molecule has 1 fully saturated rings. The molecule has 2 aliphatic rings. The second-order valence-corrected chi connectivity index (χ2v) is 10.2. The van der Waals surface area contributed by atoms with E-state index in [0.717, 1.165) is 37.9 Å². The standard InChI is InChI=1S/C28H38N4O4/c1-19-15-32(16-21-7-6-12-29-14-21)20(2)18-36-25-11-10-23(30-27(33)22-8-5-9-22)13-24(25)28(34)31(3)17-26(19)35-4/h6-7,10-14,19-20,22,26H,5,8-9,15-18H2,1-4H3,(H,30,33)/t19-,20-,26-/m1/s1. The second kappa shape index (κ2) is 11.8. The summed E-state index contributed by atoms with van der Waals surface area (Å²) in [4.78, 5) is 34.3. The van der Waals surface area contributed by atoms with Crippen LogP contribution in [-0.2, 0) is 16.1 Å². The van der Waals surface area contributed by atoms with E-state index in [4.69, 9.17) is 9.47 Å². The van der Waals surface area contributed by atoms with Crippen LogP contribution in [0.15, 0.2) is 42.7 Å². The Morgan fingerprint density at radius 2 is 2.03 bits per heavy atom. The summed E-state index contributed by atoms with van der Waals surface area (Å²) in [6.45, 7) is 6.69. The highest BCUT2D eigenvalue weighted by Gasteiger charge is 2.29. The van der Waals surface area contributed by atoms with Gasteiger partial charge in [-0.2, -0.15) is 0 Å². The Morgan fingerprint density at radius 1 is 1.22 bits per heavy atom. The number of anilines is 1. The third-order valence-corrected chi connectivity index (χ3v) is 7.43. The van der Waals surface area contributed by atoms with Gasteiger partial charge in [0.25, 0.3) is 5.91 Å². The van der Waals surface area contributed by atoms with Crippen molar-refractivity contribution in [3.8, 4) is 5.75 Å². The van der Waals surface area contributed by atoms with Crippen molar-refractivity contribution in [2.24, 2.45) is 11.8 Å². The van der Waals surface area contributed by atoms with Gasteiger partial charge >= 0.3 is 0 Å². The zero-order valence-corrected chi connectivity index (χ0v) is 21.8. The molecule has 1 aliphatic heterocycles. The Kier molecular flexibility index (Phi) is 8.59. The normalized spacial score (nSPS) is 24.1. The quantitative estimate of drug-likeness (QED) is 0.680. The first-order chi connectivity index (χ1) is 17.4. The van der Waals surface area contributed by atoms with Crippen LogP contribution in [0, 0.1) is 11.8 Å². The van der Waals surface area contributed by atoms with Gasteiger partial charge < -0.3 is 19.7 Å². The van der Waals surface area contributed by atoms with Crippen molar-refractivity contribution < 1.29 is 19.1 Å². The summed E-state index contributed by atoms with van der Waals surface area (Å²) in [5, 5.41) is 2.98. The number of methoxy groups -OCH3 is 1. The summed E-state index contributed by atoms with van der Waals surface area (Å²) >= 11 is 0. The predicted molar refractivity (Wildman–Crippen MR) is 139 cm³/mol. The zero-order valence-electron chi connectivity index (χ0n) is 21.8. The fourth-order valence-electron chi connectivity index (χ4n) is 4.79. The van der Waals surface area contributed by atoms with E-state index < -0.39 is 0 Å². The molecule has 4 rings (SSSR count). The van der Waals surface area contributed by atoms with Crippen LogP contribution in [0.5, 0.6) is 5.75 Å². The van der Waals surface area contributed by atoms with Crippen molar-refractivity contribution in [3.05, 3.63) is 53.9 Å². The molecule has 2 aromatic rings. The summed E-state index contributed by atoms with van der Waals surface area (Å²) in [7, 11) is 3.48. The van der Waals surface area contributed by atoms with Crippen molar-refractivity contribution in [3.63, 3.8) is 0 Å². The van der Waals surface area contributed by atoms with Crippen molar-refractivity contribution >= 4 is 17.5 Å². The Bertz CT molecular complexity index is 1040. The number of fused-ring (bicyclic) bond motifs is 1. The first kappa shape index (κ1) is 26.1. The van der Waals surface area contributed by atoms with E-state index in [9.17, 15) is 9.59 Å². The average Bonchev–Trinajstić information content (AvgIpc) is 2.84. The van der Waals surface area contributed by atoms with Crippen LogP contribution < -0.4 is 10.1 Å². The van der Waals surface area contributed by atoms with Gasteiger partial charge in [0.1, 0.15) is 12.4 Å². The first-order valence-corrected chi connectivity index (χ1v) is 12.8. The molecule has 1 aromatic heterocycles. The summed E-state index contributed by atoms with van der Waals surface area (Å²) in [5.41, 5.74) is 2.20. The minimum Gasteiger partial charge on any atom is -0.491 e. The SMILES string of the molecule is CO[C@@H]1CN(C)C(=O)c2cc(NC(=O)C3CCC3)ccc2OC[C@@H](C)N(Cc2cccnc2)C[C@H]1C. The number of rotatable bonds is 5. The largest absolute Gasteiger partial charge is 0.491 e. The van der Waals surface area contributed by atoms with Crippen LogP contribution >= 0.6 is 0 Å². The Labute approximate surface area is 214 Å². The van der Waals surface area contributed by atoms with Crippen molar-refractivity contribution in [1.82, 2.24) is 14.8 Å². The maximum absolute atomic E-state index is 13.5. The fourth-order valence-corrected chi connectivity index (χ4v) is 4.79. The molecule has 8 nitrogen and oxygen atoms in total. The molecule has 0 unspecified atom stereocenters. The van der Waals surface area contributed by atoms with Crippen LogP contribution in [0.3, 0.4) is 0 Å². The molecule has 8 heteroatoms. The summed E-state index contributed by atoms with van der Waals surface area (Å²) < 4.78 is 12.1. The van der Waals surface area contributed by atoms with Gasteiger partial charge in [0.15, 0.2) is 0 Å². The number of carbonyl (C=O) groups is 2. The number of ether oxygens (including phenoxy) is 2. The number of nitrogens with zero attached hydrogens (tertiary/aromatic N) is 3. The number of amides is 2. The van der Waals surface area contributed by atoms with Crippen LogP contribution in [0.2, 0.25) is 0 Å². The van der Waals surface area contributed by atoms with Gasteiger partial charge in [-0.1, -0.05) is 19.4 Å². The Hall–Kier alpha value is -2.97. The molecule has 1 N–H and O–H groups in total. The molecule has 2 amide bonds. The molecule has 0 spiro atoms. The van der Waals surface area contributed by atoms with Crippen molar-refractivity contribution in [2.45, 2.75) is 51.8 Å². The van der Waals surface area contributed by atoms with E-state index >= 15 is 0 Å². The minimum atomic E-state index is -0.153. The molecule has 0 bridgehead atoms. The zero-order chi connectivity index (χ0) is 25.7. The van der Waals surface area contributed by atoms with Crippen LogP contribution in [-0.4, -0.2) is 72.6 Å². The second-order valence-electron chi connectivity index (χ2n) is 10.2. The molecule has 36 heavy (non-hydrogen) atoms. The average molecular weight is 495 g/mol. The molecule has 1 aromatic carbocycles. The number of hydrogen-bond acceptors (Lipinski definition) is 6. The number of likely N-dealkylation sites (N-methyl/N-ethyl adjacent to an activating group) is 1. The molecular formula is C28H38N4O4. The third kappa shape index (κ3) is 6.23. The predicted octanol–water partition coefficient (Wildman–Crippen LogP) is 3.83. The first-order valence-electron chi connectivity index (χ1n) is 12.8. The number of aromatic nitrogens is 1. The lowest BCUT2D eigenvalue weighted by Crippen LogP contribution is -2.46. The highest BCUT2D eigenvalue weighted by Crippen LogP contribution is 2.30. The monoisotopic (exact) mass is 494 g/mol. The summed E-state index contributed by atoms with van der Waals surface area (Å²) in [6.07, 6.45) is 6.48. The lowest BCUT2D eigenvalue weighted by atomic mass is 9.85. The lowest BCUT2D eigenvalue weighted by molar-refractivity contribution is -0.122. The molecule has 2 heterocycles. The molecule has 1 saturated carbocycles. The van der Waals surface area contributed by atoms with E-state index in [1.165, 1.54) is 0 Å². The van der Waals surface area contributed by atoms with Gasteiger partial charge in [0.2, 0.25) is 5.91 Å². The van der Waals surface area contributed by atoms with Crippen molar-refractivity contribution in [2.75, 3.05) is 39.2 Å². The number of benzene rings is 1. The number of carbonyl (C=O) groups excluding carboxylic acids is 2. The van der Waals surface area contributed by atoms with E-state index in [1.807, 2.05) is 18.3 Å². The Balaban J connectivity index is 1.60. The molecule has 1 aliphatic carbocycles. The number of hydrogen-bond donors (Lipinski definition) is 1. The molecule has 194 valence electrons. The fraction of sp³-hybridized carbons (Fsp3) is 0.536. The maximum atomic E-state index is 13.5. The molecule has 0 saturated heterocycles. The van der Waals surface area contributed by atoms with Gasteiger partial charge in [-0.3, -0.25) is 19.5 Å².